The van der Waals surface area contributed by atoms with E-state index in [4.69, 9.17) is 14.2 Å². The molecule has 3 aromatic carbocycles. The van der Waals surface area contributed by atoms with Crippen LogP contribution < -0.4 is 9.47 Å². The summed E-state index contributed by atoms with van der Waals surface area (Å²) in [6.07, 6.45) is 4.12. The second-order valence-corrected chi connectivity index (χ2v) is 12.4. The van der Waals surface area contributed by atoms with Gasteiger partial charge in [-0.3, -0.25) is 4.79 Å². The second kappa shape index (κ2) is 10.5. The van der Waals surface area contributed by atoms with Crippen LogP contribution in [0.2, 0.25) is 0 Å². The number of carbonyl (C=O) groups excluding carboxylic acids is 1. The van der Waals surface area contributed by atoms with Gasteiger partial charge in [-0.1, -0.05) is 18.2 Å². The van der Waals surface area contributed by atoms with Crippen LogP contribution in [-0.4, -0.2) is 48.6 Å². The SMILES string of the molecule is CCOC(=O)Cc1cccc2c1OCC2(C)c1ccn(-c2cc(Oc3c(F)cc4[nH]ccc4c3S(C)(=O)=O)ccc2F)n1. The molecule has 5 aromatic rings. The predicted octanol–water partition coefficient (Wildman–Crippen LogP) is 5.63. The highest BCUT2D eigenvalue weighted by molar-refractivity contribution is 7.91. The molecule has 0 saturated carbocycles. The maximum Gasteiger partial charge on any atom is 0.310 e. The van der Waals surface area contributed by atoms with E-state index >= 15 is 8.78 Å². The maximum absolute atomic E-state index is 15.1. The van der Waals surface area contributed by atoms with Gasteiger partial charge in [-0.05, 0) is 38.1 Å². The maximum atomic E-state index is 15.1. The van der Waals surface area contributed by atoms with Crippen LogP contribution in [0.25, 0.3) is 16.6 Å². The molecule has 1 N–H and O–H groups in total. The summed E-state index contributed by atoms with van der Waals surface area (Å²) in [4.78, 5) is 14.6. The summed E-state index contributed by atoms with van der Waals surface area (Å²) >= 11 is 0. The molecule has 0 aliphatic carbocycles. The third-order valence-electron chi connectivity index (χ3n) is 7.46. The molecule has 3 heterocycles. The Kier molecular flexibility index (Phi) is 6.96. The molecule has 2 aromatic heterocycles. The van der Waals surface area contributed by atoms with Gasteiger partial charge < -0.3 is 19.2 Å². The quantitative estimate of drug-likeness (QED) is 0.228. The number of hydrogen-bond donors (Lipinski definition) is 1. The Morgan fingerprint density at radius 3 is 2.72 bits per heavy atom. The lowest BCUT2D eigenvalue weighted by Gasteiger charge is -2.20. The molecule has 0 saturated heterocycles. The number of fused-ring (bicyclic) bond motifs is 2. The number of H-pyrrole nitrogens is 1. The van der Waals surface area contributed by atoms with Gasteiger partial charge in [0.2, 0.25) is 0 Å². The van der Waals surface area contributed by atoms with Crippen LogP contribution in [0.3, 0.4) is 0 Å². The Balaban J connectivity index is 1.34. The Labute approximate surface area is 245 Å². The molecule has 222 valence electrons. The lowest BCUT2D eigenvalue weighted by Crippen LogP contribution is -2.26. The molecule has 6 rings (SSSR count). The van der Waals surface area contributed by atoms with Crippen molar-refractivity contribution in [1.29, 1.82) is 0 Å². The Morgan fingerprint density at radius 1 is 1.14 bits per heavy atom. The van der Waals surface area contributed by atoms with Crippen LogP contribution in [0.15, 0.2) is 71.9 Å². The van der Waals surface area contributed by atoms with Crippen molar-refractivity contribution < 1.29 is 36.2 Å². The summed E-state index contributed by atoms with van der Waals surface area (Å²) in [6.45, 7) is 4.22. The number of aromatic nitrogens is 3. The van der Waals surface area contributed by atoms with Crippen molar-refractivity contribution in [3.63, 3.8) is 0 Å². The third-order valence-corrected chi connectivity index (χ3v) is 8.61. The number of benzene rings is 3. The van der Waals surface area contributed by atoms with E-state index in [1.165, 1.54) is 29.1 Å². The lowest BCUT2D eigenvalue weighted by atomic mass is 9.81. The fraction of sp³-hybridized carbons (Fsp3) is 0.226. The number of ether oxygens (including phenoxy) is 3. The van der Waals surface area contributed by atoms with Crippen LogP contribution in [-0.2, 0) is 31.2 Å². The van der Waals surface area contributed by atoms with E-state index in [1.807, 2.05) is 25.1 Å². The van der Waals surface area contributed by atoms with Crippen molar-refractivity contribution >= 4 is 26.7 Å². The van der Waals surface area contributed by atoms with Gasteiger partial charge in [0.05, 0.1) is 24.1 Å². The monoisotopic (exact) mass is 607 g/mol. The number of nitrogens with one attached hydrogen (secondary N) is 1. The average molecular weight is 608 g/mol. The Morgan fingerprint density at radius 2 is 1.95 bits per heavy atom. The van der Waals surface area contributed by atoms with Crippen molar-refractivity contribution in [1.82, 2.24) is 14.8 Å². The molecule has 0 radical (unpaired) electrons. The van der Waals surface area contributed by atoms with Gasteiger partial charge in [0.15, 0.2) is 21.4 Å². The van der Waals surface area contributed by atoms with E-state index in [-0.39, 0.29) is 47.3 Å². The number of sulfone groups is 1. The van der Waals surface area contributed by atoms with Crippen molar-refractivity contribution in [2.75, 3.05) is 19.5 Å². The zero-order valence-electron chi connectivity index (χ0n) is 23.5. The molecule has 0 spiro atoms. The van der Waals surface area contributed by atoms with Gasteiger partial charge in [-0.15, -0.1) is 0 Å². The van der Waals surface area contributed by atoms with Crippen LogP contribution in [0.4, 0.5) is 8.78 Å². The zero-order valence-corrected chi connectivity index (χ0v) is 24.3. The molecule has 1 atom stereocenters. The van der Waals surface area contributed by atoms with Crippen LogP contribution in [0, 0.1) is 11.6 Å². The van der Waals surface area contributed by atoms with Crippen molar-refractivity contribution in [3.8, 4) is 22.9 Å². The molecule has 1 aliphatic rings. The highest BCUT2D eigenvalue weighted by Gasteiger charge is 2.41. The first kappa shape index (κ1) is 28.4. The summed E-state index contributed by atoms with van der Waals surface area (Å²) in [7, 11) is -3.91. The van der Waals surface area contributed by atoms with Gasteiger partial charge >= 0.3 is 5.97 Å². The largest absolute Gasteiger partial charge is 0.492 e. The van der Waals surface area contributed by atoms with Crippen LogP contribution >= 0.6 is 0 Å². The molecular formula is C31H27F2N3O6S. The summed E-state index contributed by atoms with van der Waals surface area (Å²) in [6, 6.07) is 13.7. The lowest BCUT2D eigenvalue weighted by molar-refractivity contribution is -0.142. The highest BCUT2D eigenvalue weighted by Crippen LogP contribution is 2.45. The van der Waals surface area contributed by atoms with E-state index < -0.39 is 32.6 Å². The standard InChI is InChI=1S/C31H27F2N3O6S/c1-4-40-27(37)14-18-6-5-7-21-28(18)41-17-31(21,2)26-11-13-36(35-26)25-15-19(8-9-22(25)32)42-29-23(33)16-24-20(10-12-34-24)30(29)43(3,38)39/h5-13,15-16,34H,4,14,17H2,1-3H3. The molecule has 1 unspecified atom stereocenters. The first-order chi connectivity index (χ1) is 20.5. The molecule has 43 heavy (non-hydrogen) atoms. The summed E-state index contributed by atoms with van der Waals surface area (Å²) in [5, 5.41) is 4.92. The number of carbonyl (C=O) groups is 1. The number of esters is 1. The van der Waals surface area contributed by atoms with E-state index in [2.05, 4.69) is 10.1 Å². The van der Waals surface area contributed by atoms with Crippen LogP contribution in [0.5, 0.6) is 17.2 Å². The van der Waals surface area contributed by atoms with E-state index in [0.29, 0.717) is 22.5 Å². The predicted molar refractivity (Wildman–Crippen MR) is 154 cm³/mol. The van der Waals surface area contributed by atoms with Gasteiger partial charge in [-0.2, -0.15) is 5.10 Å². The van der Waals surface area contributed by atoms with E-state index in [0.717, 1.165) is 24.0 Å². The molecule has 12 heteroatoms. The smallest absolute Gasteiger partial charge is 0.310 e. The van der Waals surface area contributed by atoms with Crippen molar-refractivity contribution in [3.05, 3.63) is 95.4 Å². The third kappa shape index (κ3) is 5.01. The fourth-order valence-corrected chi connectivity index (χ4v) is 6.44. The Hall–Kier alpha value is -4.71. The minimum absolute atomic E-state index is 0.00610. The van der Waals surface area contributed by atoms with Gasteiger partial charge in [0.25, 0.3) is 0 Å². The van der Waals surface area contributed by atoms with Crippen molar-refractivity contribution in [2.24, 2.45) is 0 Å². The summed E-state index contributed by atoms with van der Waals surface area (Å²) in [5.74, 6) is -1.76. The van der Waals surface area contributed by atoms with E-state index in [1.54, 1.807) is 19.2 Å². The zero-order chi connectivity index (χ0) is 30.5. The minimum atomic E-state index is -3.91. The molecule has 0 fully saturated rings. The normalized spacial score (nSPS) is 16.2. The van der Waals surface area contributed by atoms with Gasteiger partial charge in [0.1, 0.15) is 34.5 Å². The number of halogens is 2. The molecular weight excluding hydrogens is 580 g/mol. The topological polar surface area (TPSA) is 113 Å². The van der Waals surface area contributed by atoms with Crippen LogP contribution in [0.1, 0.15) is 30.7 Å². The number of aromatic amines is 1. The molecule has 9 nitrogen and oxygen atoms in total. The first-order valence-electron chi connectivity index (χ1n) is 13.4. The van der Waals surface area contributed by atoms with E-state index in [9.17, 15) is 13.2 Å². The first-order valence-corrected chi connectivity index (χ1v) is 15.3. The summed E-state index contributed by atoms with van der Waals surface area (Å²) in [5.41, 5.74) is 1.73. The number of rotatable bonds is 8. The molecule has 0 amide bonds. The molecule has 0 bridgehead atoms. The van der Waals surface area contributed by atoms with Gasteiger partial charge in [-0.25, -0.2) is 21.9 Å². The summed E-state index contributed by atoms with van der Waals surface area (Å²) < 4.78 is 73.7. The second-order valence-electron chi connectivity index (χ2n) is 10.5. The van der Waals surface area contributed by atoms with Gasteiger partial charge in [0, 0.05) is 52.8 Å². The van der Waals surface area contributed by atoms with Crippen molar-refractivity contribution in [2.45, 2.75) is 30.6 Å². The fourth-order valence-electron chi connectivity index (χ4n) is 5.39. The number of hydrogen-bond acceptors (Lipinski definition) is 7. The number of nitrogens with zero attached hydrogens (tertiary/aromatic N) is 2. The number of para-hydroxylation sites is 1. The minimum Gasteiger partial charge on any atom is -0.492 e. The Bertz CT molecular complexity index is 2000. The highest BCUT2D eigenvalue weighted by atomic mass is 32.2. The molecule has 1 aliphatic heterocycles. The average Bonchev–Trinajstić information content (AvgIpc) is 3.70.